The van der Waals surface area contributed by atoms with E-state index >= 15 is 0 Å². The van der Waals surface area contributed by atoms with Gasteiger partial charge in [-0.1, -0.05) is 19.3 Å². The lowest BCUT2D eigenvalue weighted by Gasteiger charge is -2.48. The lowest BCUT2D eigenvalue weighted by Crippen LogP contribution is -2.60. The zero-order chi connectivity index (χ0) is 20.4. The maximum Gasteiger partial charge on any atom is 0.213 e. The second-order valence-electron chi connectivity index (χ2n) is 7.87. The molecule has 0 bridgehead atoms. The first-order chi connectivity index (χ1) is 14.3. The Morgan fingerprint density at radius 3 is 2.67 bits per heavy atom. The minimum absolute atomic E-state index is 0. The molecule has 30 heavy (non-hydrogen) atoms. The molecule has 2 fully saturated rings. The van der Waals surface area contributed by atoms with Crippen molar-refractivity contribution in [3.05, 3.63) is 23.9 Å². The molecule has 1 aliphatic carbocycles. The number of aliphatic imine (C=N–C) groups is 1. The maximum absolute atomic E-state index is 5.60. The van der Waals surface area contributed by atoms with Gasteiger partial charge in [0.25, 0.3) is 0 Å². The minimum Gasteiger partial charge on any atom is -0.478 e. The van der Waals surface area contributed by atoms with Gasteiger partial charge in [-0.25, -0.2) is 9.98 Å². The third-order valence-corrected chi connectivity index (χ3v) is 5.91. The van der Waals surface area contributed by atoms with E-state index in [1.165, 1.54) is 32.1 Å². The monoisotopic (exact) mass is 531 g/mol. The molecule has 2 aliphatic rings. The Morgan fingerprint density at radius 2 is 1.97 bits per heavy atom. The summed E-state index contributed by atoms with van der Waals surface area (Å²) in [7, 11) is 0. The van der Waals surface area contributed by atoms with Crippen LogP contribution in [0.2, 0.25) is 0 Å². The van der Waals surface area contributed by atoms with Crippen molar-refractivity contribution in [2.24, 2.45) is 4.99 Å². The fourth-order valence-electron chi connectivity index (χ4n) is 4.39. The SMILES string of the molecule is CCNC(=NCc1ccnc(OCC)c1)NCC1(N2CCOCC2)CCCCC1.I. The summed E-state index contributed by atoms with van der Waals surface area (Å²) in [4.78, 5) is 11.7. The third-order valence-electron chi connectivity index (χ3n) is 5.91. The van der Waals surface area contributed by atoms with Crippen LogP contribution < -0.4 is 15.4 Å². The molecule has 0 amide bonds. The van der Waals surface area contributed by atoms with Gasteiger partial charge in [0, 0.05) is 44.0 Å². The van der Waals surface area contributed by atoms with Gasteiger partial charge < -0.3 is 20.1 Å². The van der Waals surface area contributed by atoms with Crippen molar-refractivity contribution in [3.8, 4) is 5.88 Å². The van der Waals surface area contributed by atoms with Crippen LogP contribution in [0.3, 0.4) is 0 Å². The van der Waals surface area contributed by atoms with Crippen molar-refractivity contribution < 1.29 is 9.47 Å². The highest BCUT2D eigenvalue weighted by Crippen LogP contribution is 2.33. The van der Waals surface area contributed by atoms with E-state index in [0.29, 0.717) is 19.0 Å². The predicted molar refractivity (Wildman–Crippen MR) is 132 cm³/mol. The quantitative estimate of drug-likeness (QED) is 0.305. The number of rotatable bonds is 8. The van der Waals surface area contributed by atoms with Crippen LogP contribution in [0, 0.1) is 0 Å². The van der Waals surface area contributed by atoms with Crippen LogP contribution in [0.25, 0.3) is 0 Å². The Morgan fingerprint density at radius 1 is 1.20 bits per heavy atom. The molecule has 1 saturated heterocycles. The van der Waals surface area contributed by atoms with Gasteiger partial charge in [-0.05, 0) is 38.3 Å². The van der Waals surface area contributed by atoms with Crippen molar-refractivity contribution in [3.63, 3.8) is 0 Å². The highest BCUT2D eigenvalue weighted by Gasteiger charge is 2.38. The number of ether oxygens (including phenoxy) is 2. The predicted octanol–water partition coefficient (Wildman–Crippen LogP) is 3.19. The average molecular weight is 531 g/mol. The molecule has 0 unspecified atom stereocenters. The Labute approximate surface area is 198 Å². The second kappa shape index (κ2) is 13.3. The first kappa shape index (κ1) is 25.1. The molecule has 0 aromatic carbocycles. The van der Waals surface area contributed by atoms with Crippen LogP contribution in [0.15, 0.2) is 23.3 Å². The van der Waals surface area contributed by atoms with Gasteiger partial charge in [0.1, 0.15) is 0 Å². The summed E-state index contributed by atoms with van der Waals surface area (Å²) < 4.78 is 11.1. The van der Waals surface area contributed by atoms with E-state index in [1.54, 1.807) is 6.20 Å². The van der Waals surface area contributed by atoms with Crippen LogP contribution in [-0.2, 0) is 11.3 Å². The van der Waals surface area contributed by atoms with Crippen LogP contribution >= 0.6 is 24.0 Å². The van der Waals surface area contributed by atoms with E-state index in [-0.39, 0.29) is 29.5 Å². The smallest absolute Gasteiger partial charge is 0.213 e. The second-order valence-corrected chi connectivity index (χ2v) is 7.87. The highest BCUT2D eigenvalue weighted by molar-refractivity contribution is 14.0. The summed E-state index contributed by atoms with van der Waals surface area (Å²) in [5, 5.41) is 7.05. The zero-order valence-electron chi connectivity index (χ0n) is 18.5. The third kappa shape index (κ3) is 7.23. The number of nitrogens with zero attached hydrogens (tertiary/aromatic N) is 3. The Balaban J connectivity index is 0.00000320. The first-order valence-corrected chi connectivity index (χ1v) is 11.2. The van der Waals surface area contributed by atoms with E-state index in [4.69, 9.17) is 14.5 Å². The molecule has 0 spiro atoms. The number of pyridine rings is 1. The Bertz CT molecular complexity index is 646. The van der Waals surface area contributed by atoms with Crippen LogP contribution in [0.4, 0.5) is 0 Å². The first-order valence-electron chi connectivity index (χ1n) is 11.2. The Kier molecular flexibility index (Phi) is 11.2. The van der Waals surface area contributed by atoms with Gasteiger partial charge in [-0.3, -0.25) is 4.90 Å². The molecule has 1 saturated carbocycles. The molecular weight excluding hydrogens is 493 g/mol. The number of nitrogens with one attached hydrogen (secondary N) is 2. The fourth-order valence-corrected chi connectivity index (χ4v) is 4.39. The van der Waals surface area contributed by atoms with Crippen molar-refractivity contribution in [2.45, 2.75) is 58.0 Å². The lowest BCUT2D eigenvalue weighted by atomic mass is 9.80. The average Bonchev–Trinajstić information content (AvgIpc) is 2.77. The van der Waals surface area contributed by atoms with Gasteiger partial charge in [0.2, 0.25) is 5.88 Å². The van der Waals surface area contributed by atoms with Crippen molar-refractivity contribution in [2.75, 3.05) is 46.0 Å². The standard InChI is InChI=1S/C22H37N5O2.HI/c1-3-23-21(25-17-19-8-11-24-20(16-19)29-4-2)26-18-22(9-6-5-7-10-22)27-12-14-28-15-13-27;/h8,11,16H,3-7,9-10,12-15,17-18H2,1-2H3,(H2,23,25,26);1H. The fraction of sp³-hybridized carbons (Fsp3) is 0.727. The molecule has 1 aromatic rings. The van der Waals surface area contributed by atoms with Crippen LogP contribution in [0.1, 0.15) is 51.5 Å². The molecular formula is C22H38IN5O2. The number of morpholine rings is 1. The van der Waals surface area contributed by atoms with Gasteiger partial charge in [-0.15, -0.1) is 24.0 Å². The van der Waals surface area contributed by atoms with Crippen LogP contribution in [-0.4, -0.2) is 67.4 Å². The van der Waals surface area contributed by atoms with E-state index < -0.39 is 0 Å². The molecule has 2 heterocycles. The molecule has 0 atom stereocenters. The summed E-state index contributed by atoms with van der Waals surface area (Å²) in [5.74, 6) is 1.53. The van der Waals surface area contributed by atoms with E-state index in [1.807, 2.05) is 19.1 Å². The zero-order valence-corrected chi connectivity index (χ0v) is 20.8. The highest BCUT2D eigenvalue weighted by atomic mass is 127. The molecule has 1 aliphatic heterocycles. The normalized spacial score (nSPS) is 19.6. The minimum atomic E-state index is 0. The van der Waals surface area contributed by atoms with Gasteiger partial charge in [0.05, 0.1) is 26.4 Å². The van der Waals surface area contributed by atoms with Gasteiger partial charge >= 0.3 is 0 Å². The summed E-state index contributed by atoms with van der Waals surface area (Å²) in [6.07, 6.45) is 8.26. The van der Waals surface area contributed by atoms with E-state index in [0.717, 1.165) is 50.9 Å². The molecule has 170 valence electrons. The number of hydrogen-bond acceptors (Lipinski definition) is 5. The molecule has 7 nitrogen and oxygen atoms in total. The van der Waals surface area contributed by atoms with Gasteiger partial charge in [0.15, 0.2) is 5.96 Å². The van der Waals surface area contributed by atoms with E-state index in [9.17, 15) is 0 Å². The number of aromatic nitrogens is 1. The summed E-state index contributed by atoms with van der Waals surface area (Å²) >= 11 is 0. The molecule has 2 N–H and O–H groups in total. The number of hydrogen-bond donors (Lipinski definition) is 2. The van der Waals surface area contributed by atoms with Crippen LogP contribution in [0.5, 0.6) is 5.88 Å². The van der Waals surface area contributed by atoms with E-state index in [2.05, 4.69) is 27.4 Å². The molecule has 1 aromatic heterocycles. The summed E-state index contributed by atoms with van der Waals surface area (Å²) in [6.45, 7) is 10.8. The summed E-state index contributed by atoms with van der Waals surface area (Å²) in [6, 6.07) is 3.96. The molecule has 8 heteroatoms. The number of guanidine groups is 1. The topological polar surface area (TPSA) is 71.0 Å². The molecule has 0 radical (unpaired) electrons. The number of halogens is 1. The molecule has 3 rings (SSSR count). The maximum atomic E-state index is 5.60. The largest absolute Gasteiger partial charge is 0.478 e. The van der Waals surface area contributed by atoms with Gasteiger partial charge in [-0.2, -0.15) is 0 Å². The van der Waals surface area contributed by atoms with Crippen molar-refractivity contribution in [1.29, 1.82) is 0 Å². The Hall–Kier alpha value is -1.13. The summed E-state index contributed by atoms with van der Waals surface area (Å²) in [5.41, 5.74) is 1.32. The van der Waals surface area contributed by atoms with Crippen molar-refractivity contribution in [1.82, 2.24) is 20.5 Å². The van der Waals surface area contributed by atoms with Crippen molar-refractivity contribution >= 4 is 29.9 Å². The lowest BCUT2D eigenvalue weighted by molar-refractivity contribution is -0.0352.